The SMILES string of the molecule is N=C(N)c1cccc([C@H]2C[C@H]2C(=O)Nc2ccc(-c3ccccc3S(N)(=O)=O)cn2)c1. The minimum atomic E-state index is -3.87. The van der Waals surface area contributed by atoms with Crippen LogP contribution in [0.15, 0.2) is 71.8 Å². The standard InChI is InChI=1S/C22H21N5O3S/c23-21(24)14-5-3-4-13(10-14)17-11-18(17)22(28)27-20-9-8-15(12-26-20)16-6-1-2-7-19(16)31(25,29)30/h1-10,12,17-18H,11H2,(H3,23,24)(H2,25,29,30)(H,26,27,28)/t17-,18-/m1/s1. The number of pyridine rings is 1. The van der Waals surface area contributed by atoms with Gasteiger partial charge in [0.1, 0.15) is 11.7 Å². The number of nitrogens with zero attached hydrogens (tertiary/aromatic N) is 1. The van der Waals surface area contributed by atoms with Gasteiger partial charge in [-0.2, -0.15) is 0 Å². The number of aromatic nitrogens is 1. The summed E-state index contributed by atoms with van der Waals surface area (Å²) in [6, 6.07) is 17.1. The summed E-state index contributed by atoms with van der Waals surface area (Å²) < 4.78 is 23.6. The molecule has 6 N–H and O–H groups in total. The van der Waals surface area contributed by atoms with E-state index in [4.69, 9.17) is 16.3 Å². The normalized spacial score (nSPS) is 17.7. The molecule has 2 aromatic carbocycles. The van der Waals surface area contributed by atoms with E-state index >= 15 is 0 Å². The van der Waals surface area contributed by atoms with Crippen LogP contribution in [-0.2, 0) is 14.8 Å². The number of primary sulfonamides is 1. The van der Waals surface area contributed by atoms with Crippen LogP contribution in [-0.4, -0.2) is 25.1 Å². The van der Waals surface area contributed by atoms with E-state index in [-0.39, 0.29) is 28.5 Å². The summed E-state index contributed by atoms with van der Waals surface area (Å²) in [5.74, 6) is 0.150. The number of hydrogen-bond donors (Lipinski definition) is 4. The van der Waals surface area contributed by atoms with E-state index in [1.165, 1.54) is 12.3 Å². The highest BCUT2D eigenvalue weighted by molar-refractivity contribution is 7.89. The maximum Gasteiger partial charge on any atom is 0.238 e. The van der Waals surface area contributed by atoms with Crippen LogP contribution >= 0.6 is 0 Å². The zero-order valence-electron chi connectivity index (χ0n) is 16.4. The Kier molecular flexibility index (Phi) is 5.30. The van der Waals surface area contributed by atoms with Gasteiger partial charge in [-0.1, -0.05) is 36.4 Å². The van der Waals surface area contributed by atoms with Crippen LogP contribution in [0.25, 0.3) is 11.1 Å². The molecule has 1 heterocycles. The fraction of sp³-hybridized carbons (Fsp3) is 0.136. The number of anilines is 1. The van der Waals surface area contributed by atoms with Crippen LogP contribution in [0, 0.1) is 11.3 Å². The van der Waals surface area contributed by atoms with Gasteiger partial charge in [0.05, 0.1) is 4.90 Å². The Morgan fingerprint density at radius 1 is 1.10 bits per heavy atom. The quantitative estimate of drug-likeness (QED) is 0.346. The Hall–Kier alpha value is -3.56. The van der Waals surface area contributed by atoms with Gasteiger partial charge in [-0.15, -0.1) is 0 Å². The zero-order valence-corrected chi connectivity index (χ0v) is 17.3. The highest BCUT2D eigenvalue weighted by atomic mass is 32.2. The van der Waals surface area contributed by atoms with Crippen molar-refractivity contribution >= 4 is 27.6 Å². The third-order valence-electron chi connectivity index (χ3n) is 5.27. The number of carbonyl (C=O) groups is 1. The molecular weight excluding hydrogens is 414 g/mol. The Labute approximate surface area is 179 Å². The molecular formula is C22H21N5O3S. The van der Waals surface area contributed by atoms with E-state index in [2.05, 4.69) is 10.3 Å². The molecule has 0 spiro atoms. The van der Waals surface area contributed by atoms with Gasteiger partial charge in [0, 0.05) is 28.8 Å². The second kappa shape index (κ2) is 7.93. The molecule has 1 saturated carbocycles. The molecule has 0 saturated heterocycles. The largest absolute Gasteiger partial charge is 0.384 e. The van der Waals surface area contributed by atoms with Gasteiger partial charge in [-0.25, -0.2) is 18.5 Å². The van der Waals surface area contributed by atoms with Gasteiger partial charge in [-0.05, 0) is 42.2 Å². The molecule has 31 heavy (non-hydrogen) atoms. The van der Waals surface area contributed by atoms with Gasteiger partial charge in [-0.3, -0.25) is 10.2 Å². The van der Waals surface area contributed by atoms with Crippen LogP contribution in [0.2, 0.25) is 0 Å². The number of amides is 1. The van der Waals surface area contributed by atoms with Crippen molar-refractivity contribution in [2.24, 2.45) is 16.8 Å². The fourth-order valence-electron chi connectivity index (χ4n) is 3.59. The average Bonchev–Trinajstić information content (AvgIpc) is 3.55. The molecule has 158 valence electrons. The molecule has 0 unspecified atom stereocenters. The monoisotopic (exact) mass is 435 g/mol. The lowest BCUT2D eigenvalue weighted by Crippen LogP contribution is -2.16. The number of rotatable bonds is 6. The average molecular weight is 436 g/mol. The minimum Gasteiger partial charge on any atom is -0.384 e. The van der Waals surface area contributed by atoms with Gasteiger partial charge < -0.3 is 11.1 Å². The number of nitrogens with one attached hydrogen (secondary N) is 2. The summed E-state index contributed by atoms with van der Waals surface area (Å²) in [6.07, 6.45) is 2.22. The third-order valence-corrected chi connectivity index (χ3v) is 6.24. The van der Waals surface area contributed by atoms with Crippen LogP contribution in [0.3, 0.4) is 0 Å². The Bertz CT molecular complexity index is 1270. The topological polar surface area (TPSA) is 152 Å². The Morgan fingerprint density at radius 3 is 2.55 bits per heavy atom. The third kappa shape index (κ3) is 4.47. The van der Waals surface area contributed by atoms with Crippen LogP contribution in [0.5, 0.6) is 0 Å². The molecule has 1 aromatic heterocycles. The van der Waals surface area contributed by atoms with E-state index < -0.39 is 10.0 Å². The summed E-state index contributed by atoms with van der Waals surface area (Å²) in [5, 5.41) is 15.7. The number of hydrogen-bond acceptors (Lipinski definition) is 5. The molecule has 9 heteroatoms. The number of carbonyl (C=O) groups excluding carboxylic acids is 1. The second-order valence-electron chi connectivity index (χ2n) is 7.45. The molecule has 1 fully saturated rings. The van der Waals surface area contributed by atoms with Gasteiger partial charge in [0.2, 0.25) is 15.9 Å². The molecule has 1 aliphatic carbocycles. The lowest BCUT2D eigenvalue weighted by molar-refractivity contribution is -0.117. The van der Waals surface area contributed by atoms with Gasteiger partial charge in [0.15, 0.2) is 0 Å². The first-order chi connectivity index (χ1) is 14.7. The zero-order chi connectivity index (χ0) is 22.2. The maximum atomic E-state index is 12.6. The van der Waals surface area contributed by atoms with Crippen molar-refractivity contribution in [1.29, 1.82) is 5.41 Å². The first kappa shape index (κ1) is 20.7. The Balaban J connectivity index is 1.46. The van der Waals surface area contributed by atoms with Crippen molar-refractivity contribution in [2.75, 3.05) is 5.32 Å². The summed E-state index contributed by atoms with van der Waals surface area (Å²) >= 11 is 0. The van der Waals surface area contributed by atoms with Crippen molar-refractivity contribution in [3.8, 4) is 11.1 Å². The van der Waals surface area contributed by atoms with Crippen molar-refractivity contribution in [3.63, 3.8) is 0 Å². The molecule has 0 radical (unpaired) electrons. The van der Waals surface area contributed by atoms with Crippen molar-refractivity contribution in [2.45, 2.75) is 17.2 Å². The minimum absolute atomic E-state index is 0.00296. The number of sulfonamides is 1. The van der Waals surface area contributed by atoms with Gasteiger partial charge >= 0.3 is 0 Å². The van der Waals surface area contributed by atoms with Crippen LogP contribution in [0.4, 0.5) is 5.82 Å². The number of amidine groups is 1. The van der Waals surface area contributed by atoms with Crippen molar-refractivity contribution in [3.05, 3.63) is 78.0 Å². The number of nitrogen functional groups attached to an aromatic ring is 1. The molecule has 1 amide bonds. The van der Waals surface area contributed by atoms with E-state index in [9.17, 15) is 13.2 Å². The lowest BCUT2D eigenvalue weighted by Gasteiger charge is -2.09. The molecule has 0 bridgehead atoms. The van der Waals surface area contributed by atoms with Crippen LogP contribution in [0.1, 0.15) is 23.5 Å². The fourth-order valence-corrected chi connectivity index (χ4v) is 4.35. The van der Waals surface area contributed by atoms with E-state index in [1.54, 1.807) is 36.4 Å². The smallest absolute Gasteiger partial charge is 0.238 e. The molecule has 4 rings (SSSR count). The number of nitrogens with two attached hydrogens (primary N) is 2. The first-order valence-electron chi connectivity index (χ1n) is 9.57. The predicted octanol–water partition coefficient (Wildman–Crippen LogP) is 2.42. The van der Waals surface area contributed by atoms with Crippen molar-refractivity contribution in [1.82, 2.24) is 4.98 Å². The number of benzene rings is 2. The summed E-state index contributed by atoms with van der Waals surface area (Å²) in [7, 11) is -3.87. The van der Waals surface area contributed by atoms with E-state index in [0.29, 0.717) is 28.9 Å². The highest BCUT2D eigenvalue weighted by Crippen LogP contribution is 2.48. The molecule has 8 nitrogen and oxygen atoms in total. The molecule has 1 aliphatic rings. The first-order valence-corrected chi connectivity index (χ1v) is 11.1. The summed E-state index contributed by atoms with van der Waals surface area (Å²) in [5.41, 5.74) is 8.19. The van der Waals surface area contributed by atoms with Crippen molar-refractivity contribution < 1.29 is 13.2 Å². The summed E-state index contributed by atoms with van der Waals surface area (Å²) in [4.78, 5) is 16.9. The van der Waals surface area contributed by atoms with Gasteiger partial charge in [0.25, 0.3) is 0 Å². The highest BCUT2D eigenvalue weighted by Gasteiger charge is 2.44. The van der Waals surface area contributed by atoms with Crippen LogP contribution < -0.4 is 16.2 Å². The van der Waals surface area contributed by atoms with E-state index in [0.717, 1.165) is 5.56 Å². The maximum absolute atomic E-state index is 12.6. The van der Waals surface area contributed by atoms with E-state index in [1.807, 2.05) is 18.2 Å². The molecule has 3 aromatic rings. The molecule has 2 atom stereocenters. The predicted molar refractivity (Wildman–Crippen MR) is 118 cm³/mol. The molecule has 0 aliphatic heterocycles. The Morgan fingerprint density at radius 2 is 1.87 bits per heavy atom. The summed E-state index contributed by atoms with van der Waals surface area (Å²) in [6.45, 7) is 0. The lowest BCUT2D eigenvalue weighted by atomic mass is 10.0. The second-order valence-corrected chi connectivity index (χ2v) is 8.98.